The van der Waals surface area contributed by atoms with Gasteiger partial charge >= 0.3 is 75.6 Å². The van der Waals surface area contributed by atoms with E-state index in [2.05, 4.69) is 0 Å². The first-order valence-corrected chi connectivity index (χ1v) is 0.873. The van der Waals surface area contributed by atoms with Crippen molar-refractivity contribution in [2.75, 3.05) is 0 Å². The van der Waals surface area contributed by atoms with Crippen molar-refractivity contribution < 1.29 is 79.7 Å². The van der Waals surface area contributed by atoms with Gasteiger partial charge in [0.2, 0.25) is 0 Å². The average molecular weight is 184 g/mol. The van der Waals surface area contributed by atoms with Crippen molar-refractivity contribution in [1.82, 2.24) is 0 Å². The van der Waals surface area contributed by atoms with Crippen LogP contribution in [-0.4, -0.2) is 17.4 Å². The molecule has 0 aliphatic heterocycles. The molecular formula is H3BBeF4Rb-. The maximum absolute atomic E-state index is 9.75. The molecule has 0 aliphatic rings. The molecule has 7 heavy (non-hydrogen) atoms. The molecule has 0 unspecified atom stereocenters. The number of halogens is 4. The van der Waals surface area contributed by atoms with Crippen LogP contribution in [0.5, 0.6) is 0 Å². The minimum Gasteiger partial charge on any atom is -1.00 e. The fourth-order valence-corrected chi connectivity index (χ4v) is 0. The molecule has 7 heteroatoms. The summed E-state index contributed by atoms with van der Waals surface area (Å²) in [5, 5.41) is 0. The van der Waals surface area contributed by atoms with E-state index >= 15 is 0 Å². The molecule has 0 atom stereocenters. The van der Waals surface area contributed by atoms with Crippen LogP contribution in [0.4, 0.5) is 17.3 Å². The predicted molar refractivity (Wildman–Crippen MR) is 19.3 cm³/mol. The quantitative estimate of drug-likeness (QED) is 0.310. The van der Waals surface area contributed by atoms with Crippen LogP contribution in [0.1, 0.15) is 4.28 Å². The standard InChI is InChI=1S/BF4.Be.Rb.3H/c2-1(3,4)5;;;;;/q-1;+2;+1;3*-1. The van der Waals surface area contributed by atoms with E-state index in [1.54, 1.807) is 0 Å². The van der Waals surface area contributed by atoms with Crippen molar-refractivity contribution in [3.8, 4) is 0 Å². The van der Waals surface area contributed by atoms with E-state index in [0.29, 0.717) is 0 Å². The summed E-state index contributed by atoms with van der Waals surface area (Å²) in [6.07, 6.45) is 0. The Labute approximate surface area is 95.6 Å². The minimum absolute atomic E-state index is 0. The van der Waals surface area contributed by atoms with E-state index in [1.165, 1.54) is 0 Å². The summed E-state index contributed by atoms with van der Waals surface area (Å²) in [7, 11) is -6.00. The van der Waals surface area contributed by atoms with Gasteiger partial charge in [0.1, 0.15) is 0 Å². The van der Waals surface area contributed by atoms with E-state index in [4.69, 9.17) is 0 Å². The Morgan fingerprint density at radius 1 is 1.00 bits per heavy atom. The van der Waals surface area contributed by atoms with E-state index in [-0.39, 0.29) is 72.6 Å². The van der Waals surface area contributed by atoms with Crippen LogP contribution in [0.25, 0.3) is 0 Å². The van der Waals surface area contributed by atoms with Gasteiger partial charge in [-0.05, 0) is 0 Å². The van der Waals surface area contributed by atoms with E-state index in [9.17, 15) is 17.3 Å². The molecule has 0 bridgehead atoms. The van der Waals surface area contributed by atoms with Crippen molar-refractivity contribution in [3.05, 3.63) is 0 Å². The SMILES string of the molecule is F[B-](F)(F)F.[Be+2].[H-].[H-].[H-].[Rb+]. The van der Waals surface area contributed by atoms with Crippen LogP contribution in [0, 0.1) is 0 Å². The van der Waals surface area contributed by atoms with Gasteiger partial charge in [-0.3, -0.25) is 0 Å². The van der Waals surface area contributed by atoms with E-state index in [0.717, 1.165) is 0 Å². The molecule has 0 saturated carbocycles. The summed E-state index contributed by atoms with van der Waals surface area (Å²) in [6.45, 7) is 0. The molecule has 0 radical (unpaired) electrons. The van der Waals surface area contributed by atoms with E-state index in [1.807, 2.05) is 0 Å². The Hall–Kier alpha value is 1.76. The van der Waals surface area contributed by atoms with Crippen molar-refractivity contribution in [2.45, 2.75) is 0 Å². The van der Waals surface area contributed by atoms with Gasteiger partial charge in [-0.25, -0.2) is 0 Å². The number of rotatable bonds is 0. The van der Waals surface area contributed by atoms with Gasteiger partial charge < -0.3 is 21.5 Å². The van der Waals surface area contributed by atoms with E-state index < -0.39 is 7.25 Å². The summed E-state index contributed by atoms with van der Waals surface area (Å²) in [5.74, 6) is 0. The molecule has 0 N–H and O–H groups in total. The van der Waals surface area contributed by atoms with Gasteiger partial charge in [0.15, 0.2) is 0 Å². The first kappa shape index (κ1) is 15.9. The molecule has 0 heterocycles. The number of hydrogen-bond acceptors (Lipinski definition) is 0. The smallest absolute Gasteiger partial charge is 1.00 e. The fraction of sp³-hybridized carbons (Fsp3) is 0. The third kappa shape index (κ3) is 83.2. The maximum Gasteiger partial charge on any atom is 2.00 e. The van der Waals surface area contributed by atoms with Gasteiger partial charge in [-0.2, -0.15) is 0 Å². The molecule has 0 aromatic heterocycles. The first-order valence-electron chi connectivity index (χ1n) is 0.873. The van der Waals surface area contributed by atoms with Crippen LogP contribution in [0.15, 0.2) is 0 Å². The molecule has 0 aliphatic carbocycles. The van der Waals surface area contributed by atoms with Gasteiger partial charge in [-0.15, -0.1) is 0 Å². The van der Waals surface area contributed by atoms with Crippen molar-refractivity contribution in [2.24, 2.45) is 0 Å². The molecule has 38 valence electrons. The Balaban J connectivity index is -0.00000000800. The largest absolute Gasteiger partial charge is 2.00 e. The van der Waals surface area contributed by atoms with Crippen molar-refractivity contribution >= 4 is 17.4 Å². The van der Waals surface area contributed by atoms with Gasteiger partial charge in [-0.1, -0.05) is 0 Å². The third-order valence-corrected chi connectivity index (χ3v) is 0. The van der Waals surface area contributed by atoms with Crippen LogP contribution in [0.3, 0.4) is 0 Å². The van der Waals surface area contributed by atoms with Crippen LogP contribution in [-0.2, 0) is 0 Å². The van der Waals surface area contributed by atoms with Gasteiger partial charge in [0.05, 0.1) is 0 Å². The van der Waals surface area contributed by atoms with Gasteiger partial charge in [0, 0.05) is 0 Å². The summed E-state index contributed by atoms with van der Waals surface area (Å²) < 4.78 is 39.0. The number of hydrogen-bond donors (Lipinski definition) is 0. The van der Waals surface area contributed by atoms with Crippen LogP contribution >= 0.6 is 0 Å². The molecule has 0 spiro atoms. The molecule has 0 rings (SSSR count). The molecule has 0 nitrogen and oxygen atoms in total. The minimum atomic E-state index is -6.00. The zero-order chi connectivity index (χ0) is 4.50. The first-order chi connectivity index (χ1) is 2.00. The molecule has 0 saturated heterocycles. The Kier molecular flexibility index (Phi) is 13.4. The second-order valence-electron chi connectivity index (χ2n) is 0.495. The zero-order valence-electron chi connectivity index (χ0n) is 6.80. The third-order valence-electron chi connectivity index (χ3n) is 0. The van der Waals surface area contributed by atoms with Gasteiger partial charge in [0.25, 0.3) is 0 Å². The van der Waals surface area contributed by atoms with Crippen LogP contribution < -0.4 is 58.2 Å². The molecule has 0 fully saturated rings. The summed E-state index contributed by atoms with van der Waals surface area (Å²) >= 11 is 0. The molecular weight excluding hydrogens is 181 g/mol. The second-order valence-corrected chi connectivity index (χ2v) is 0.495. The zero-order valence-corrected chi connectivity index (χ0v) is 8.71. The molecule has 0 aromatic carbocycles. The summed E-state index contributed by atoms with van der Waals surface area (Å²) in [6, 6.07) is 0. The Bertz CT molecular complexity index is 36.0. The van der Waals surface area contributed by atoms with Crippen molar-refractivity contribution in [1.29, 1.82) is 0 Å². The summed E-state index contributed by atoms with van der Waals surface area (Å²) in [5.41, 5.74) is 0. The monoisotopic (exact) mass is 184 g/mol. The molecule has 0 amide bonds. The molecule has 0 aromatic rings. The average Bonchev–Trinajstić information content (AvgIpc) is 0.722. The maximum atomic E-state index is 9.75. The topological polar surface area (TPSA) is 0 Å². The fourth-order valence-electron chi connectivity index (χ4n) is 0. The second kappa shape index (κ2) is 5.89. The van der Waals surface area contributed by atoms with Crippen molar-refractivity contribution in [3.63, 3.8) is 0 Å². The summed E-state index contributed by atoms with van der Waals surface area (Å²) in [4.78, 5) is 0. The predicted octanol–water partition coefficient (Wildman–Crippen LogP) is -1.74. The Morgan fingerprint density at radius 2 is 1.00 bits per heavy atom. The Morgan fingerprint density at radius 3 is 1.00 bits per heavy atom. The van der Waals surface area contributed by atoms with Crippen LogP contribution in [0.2, 0.25) is 0 Å². The normalized spacial score (nSPS) is 8.57.